The van der Waals surface area contributed by atoms with Gasteiger partial charge in [-0.25, -0.2) is 0 Å². The molecule has 3 nitrogen and oxygen atoms in total. The topological polar surface area (TPSA) is 32.3 Å². The summed E-state index contributed by atoms with van der Waals surface area (Å²) in [6, 6.07) is 9.36. The van der Waals surface area contributed by atoms with Gasteiger partial charge >= 0.3 is 0 Å². The largest absolute Gasteiger partial charge is 0.385 e. The van der Waals surface area contributed by atoms with E-state index >= 15 is 0 Å². The van der Waals surface area contributed by atoms with Gasteiger partial charge in [0.05, 0.1) is 12.1 Å². The second-order valence-corrected chi connectivity index (χ2v) is 5.93. The van der Waals surface area contributed by atoms with E-state index in [1.54, 1.807) is 35.4 Å². The van der Waals surface area contributed by atoms with Crippen molar-refractivity contribution in [1.82, 2.24) is 4.90 Å². The molecule has 20 heavy (non-hydrogen) atoms. The fraction of sp³-hybridized carbons (Fsp3) is 0.267. The molecule has 0 aliphatic rings. The third kappa shape index (κ3) is 3.52. The van der Waals surface area contributed by atoms with Gasteiger partial charge in [0.1, 0.15) is 0 Å². The van der Waals surface area contributed by atoms with Crippen LogP contribution in [-0.2, 0) is 6.54 Å². The minimum absolute atomic E-state index is 0.0307. The Balaban J connectivity index is 2.21. The molecule has 1 aromatic carbocycles. The number of nitrogens with zero attached hydrogens (tertiary/aromatic N) is 1. The monoisotopic (exact) mass is 308 g/mol. The van der Waals surface area contributed by atoms with Crippen LogP contribution in [0.4, 0.5) is 5.69 Å². The SMILES string of the molecule is CCNc1ccc(Cl)cc1C(=O)N(C)Cc1cccs1. The molecule has 1 heterocycles. The maximum atomic E-state index is 12.6. The fourth-order valence-corrected chi connectivity index (χ4v) is 2.88. The van der Waals surface area contributed by atoms with Gasteiger partial charge in [0.25, 0.3) is 5.91 Å². The summed E-state index contributed by atoms with van der Waals surface area (Å²) in [6.07, 6.45) is 0. The van der Waals surface area contributed by atoms with Crippen molar-refractivity contribution in [3.05, 3.63) is 51.2 Å². The van der Waals surface area contributed by atoms with Crippen molar-refractivity contribution >= 4 is 34.5 Å². The van der Waals surface area contributed by atoms with E-state index in [9.17, 15) is 4.79 Å². The molecule has 1 N–H and O–H groups in total. The lowest BCUT2D eigenvalue weighted by Gasteiger charge is -2.19. The molecule has 0 bridgehead atoms. The first-order chi connectivity index (χ1) is 9.61. The van der Waals surface area contributed by atoms with E-state index in [0.717, 1.165) is 17.1 Å². The van der Waals surface area contributed by atoms with E-state index in [4.69, 9.17) is 11.6 Å². The number of rotatable bonds is 5. The van der Waals surface area contributed by atoms with Crippen molar-refractivity contribution in [3.8, 4) is 0 Å². The lowest BCUT2D eigenvalue weighted by atomic mass is 10.1. The Morgan fingerprint density at radius 1 is 1.40 bits per heavy atom. The molecule has 0 unspecified atom stereocenters. The average Bonchev–Trinajstić information content (AvgIpc) is 2.93. The second kappa shape index (κ2) is 6.77. The number of thiophene rings is 1. The molecule has 0 saturated carbocycles. The summed E-state index contributed by atoms with van der Waals surface area (Å²) >= 11 is 7.66. The number of halogens is 1. The standard InChI is InChI=1S/C15H17ClN2OS/c1-3-17-14-7-6-11(16)9-13(14)15(19)18(2)10-12-5-4-8-20-12/h4-9,17H,3,10H2,1-2H3. The summed E-state index contributed by atoms with van der Waals surface area (Å²) in [6.45, 7) is 3.36. The summed E-state index contributed by atoms with van der Waals surface area (Å²) in [5, 5.41) is 5.77. The van der Waals surface area contributed by atoms with Crippen LogP contribution in [0.5, 0.6) is 0 Å². The lowest BCUT2D eigenvalue weighted by Crippen LogP contribution is -2.26. The van der Waals surface area contributed by atoms with Gasteiger partial charge in [0.2, 0.25) is 0 Å². The minimum atomic E-state index is -0.0307. The second-order valence-electron chi connectivity index (χ2n) is 4.46. The van der Waals surface area contributed by atoms with Gasteiger partial charge in [0.15, 0.2) is 0 Å². The maximum Gasteiger partial charge on any atom is 0.256 e. The highest BCUT2D eigenvalue weighted by Crippen LogP contribution is 2.23. The highest BCUT2D eigenvalue weighted by molar-refractivity contribution is 7.09. The number of anilines is 1. The van der Waals surface area contributed by atoms with Crippen LogP contribution < -0.4 is 5.32 Å². The third-order valence-corrected chi connectivity index (χ3v) is 4.00. The average molecular weight is 309 g/mol. The molecule has 1 amide bonds. The molecule has 2 aromatic rings. The number of carbonyl (C=O) groups excluding carboxylic acids is 1. The number of amides is 1. The van der Waals surface area contributed by atoms with E-state index in [1.165, 1.54) is 0 Å². The van der Waals surface area contributed by atoms with Crippen LogP contribution >= 0.6 is 22.9 Å². The number of nitrogens with one attached hydrogen (secondary N) is 1. The molecule has 0 atom stereocenters. The zero-order valence-electron chi connectivity index (χ0n) is 11.5. The summed E-state index contributed by atoms with van der Waals surface area (Å²) in [4.78, 5) is 15.4. The molecule has 2 rings (SSSR count). The number of hydrogen-bond acceptors (Lipinski definition) is 3. The first kappa shape index (κ1) is 14.9. The van der Waals surface area contributed by atoms with Gasteiger partial charge in [-0.15, -0.1) is 11.3 Å². The summed E-state index contributed by atoms with van der Waals surface area (Å²) < 4.78 is 0. The highest BCUT2D eigenvalue weighted by atomic mass is 35.5. The molecule has 0 aliphatic heterocycles. The van der Waals surface area contributed by atoms with Crippen molar-refractivity contribution in [3.63, 3.8) is 0 Å². The molecular weight excluding hydrogens is 292 g/mol. The minimum Gasteiger partial charge on any atom is -0.385 e. The van der Waals surface area contributed by atoms with Crippen molar-refractivity contribution in [2.24, 2.45) is 0 Å². The Labute approximate surface area is 128 Å². The molecule has 0 aliphatic carbocycles. The molecule has 106 valence electrons. The van der Waals surface area contributed by atoms with Gasteiger partial charge in [-0.2, -0.15) is 0 Å². The van der Waals surface area contributed by atoms with Gasteiger partial charge in [-0.1, -0.05) is 17.7 Å². The van der Waals surface area contributed by atoms with Crippen LogP contribution in [0.1, 0.15) is 22.2 Å². The predicted molar refractivity (Wildman–Crippen MR) is 85.7 cm³/mol. The van der Waals surface area contributed by atoms with Gasteiger partial charge < -0.3 is 10.2 Å². The van der Waals surface area contributed by atoms with Crippen molar-refractivity contribution in [2.45, 2.75) is 13.5 Å². The third-order valence-electron chi connectivity index (χ3n) is 2.90. The van der Waals surface area contributed by atoms with E-state index < -0.39 is 0 Å². The van der Waals surface area contributed by atoms with Crippen LogP contribution in [0.15, 0.2) is 35.7 Å². The predicted octanol–water partition coefficient (Wildman–Crippen LogP) is 4.11. The van der Waals surface area contributed by atoms with Crippen molar-refractivity contribution in [1.29, 1.82) is 0 Å². The van der Waals surface area contributed by atoms with Crippen molar-refractivity contribution in [2.75, 3.05) is 18.9 Å². The van der Waals surface area contributed by atoms with Crippen LogP contribution in [0, 0.1) is 0 Å². The number of carbonyl (C=O) groups is 1. The number of benzene rings is 1. The zero-order valence-corrected chi connectivity index (χ0v) is 13.1. The first-order valence-electron chi connectivity index (χ1n) is 6.43. The van der Waals surface area contributed by atoms with Crippen molar-refractivity contribution < 1.29 is 4.79 Å². The Morgan fingerprint density at radius 2 is 2.20 bits per heavy atom. The maximum absolute atomic E-state index is 12.6. The summed E-state index contributed by atoms with van der Waals surface area (Å²) in [5.41, 5.74) is 1.43. The molecule has 0 saturated heterocycles. The van der Waals surface area contributed by atoms with Crippen LogP contribution in [0.2, 0.25) is 5.02 Å². The zero-order chi connectivity index (χ0) is 14.5. The molecule has 0 radical (unpaired) electrons. The van der Waals surface area contributed by atoms with Gasteiger partial charge in [0, 0.05) is 29.2 Å². The molecule has 0 spiro atoms. The smallest absolute Gasteiger partial charge is 0.256 e. The van der Waals surface area contributed by atoms with E-state index in [1.807, 2.05) is 30.5 Å². The number of hydrogen-bond donors (Lipinski definition) is 1. The Hall–Kier alpha value is -1.52. The molecule has 1 aromatic heterocycles. The Kier molecular flexibility index (Phi) is 5.04. The summed E-state index contributed by atoms with van der Waals surface area (Å²) in [7, 11) is 1.80. The van der Waals surface area contributed by atoms with Gasteiger partial charge in [-0.3, -0.25) is 4.79 Å². The normalized spacial score (nSPS) is 10.3. The van der Waals surface area contributed by atoms with Crippen LogP contribution in [0.25, 0.3) is 0 Å². The summed E-state index contributed by atoms with van der Waals surface area (Å²) in [5.74, 6) is -0.0307. The Bertz CT molecular complexity index is 584. The molecule has 5 heteroatoms. The van der Waals surface area contributed by atoms with E-state index in [2.05, 4.69) is 5.32 Å². The first-order valence-corrected chi connectivity index (χ1v) is 7.69. The highest BCUT2D eigenvalue weighted by Gasteiger charge is 2.16. The van der Waals surface area contributed by atoms with E-state index in [-0.39, 0.29) is 5.91 Å². The van der Waals surface area contributed by atoms with Crippen LogP contribution in [-0.4, -0.2) is 24.4 Å². The van der Waals surface area contributed by atoms with E-state index in [0.29, 0.717) is 17.1 Å². The quantitative estimate of drug-likeness (QED) is 0.901. The van der Waals surface area contributed by atoms with Gasteiger partial charge in [-0.05, 0) is 36.6 Å². The molecular formula is C15H17ClN2OS. The molecule has 0 fully saturated rings. The fourth-order valence-electron chi connectivity index (χ4n) is 1.95. The lowest BCUT2D eigenvalue weighted by molar-refractivity contribution is 0.0787. The Morgan fingerprint density at radius 3 is 2.85 bits per heavy atom. The van der Waals surface area contributed by atoms with Crippen LogP contribution in [0.3, 0.4) is 0 Å².